The molecule has 132 valence electrons. The Hall–Kier alpha value is -1.99. The lowest BCUT2D eigenvalue weighted by molar-refractivity contribution is 0.569. The fourth-order valence-electron chi connectivity index (χ4n) is 3.63. The van der Waals surface area contributed by atoms with Crippen molar-refractivity contribution in [3.05, 3.63) is 40.1 Å². The molecule has 1 aliphatic rings. The number of anilines is 1. The van der Waals surface area contributed by atoms with Gasteiger partial charge in [-0.25, -0.2) is 14.4 Å². The molecule has 0 aliphatic carbocycles. The Balaban J connectivity index is 1.81. The fraction of sp³-hybridized carbons (Fsp3) is 0.263. The molecule has 4 aromatic rings. The lowest BCUT2D eigenvalue weighted by Gasteiger charge is -2.27. The molecule has 0 bridgehead atoms. The molecule has 26 heavy (non-hydrogen) atoms. The predicted molar refractivity (Wildman–Crippen MR) is 108 cm³/mol. The number of benzene rings is 1. The van der Waals surface area contributed by atoms with Crippen LogP contribution in [-0.4, -0.2) is 28.0 Å². The van der Waals surface area contributed by atoms with Gasteiger partial charge in [0.15, 0.2) is 0 Å². The Labute approximate surface area is 162 Å². The Kier molecular flexibility index (Phi) is 3.94. The van der Waals surface area contributed by atoms with E-state index in [0.717, 1.165) is 51.5 Å². The first-order valence-electron chi connectivity index (χ1n) is 8.68. The molecule has 0 amide bonds. The first kappa shape index (κ1) is 16.2. The lowest BCUT2D eigenvalue weighted by Crippen LogP contribution is -2.31. The SMILES string of the molecule is Fc1ccc2[nH]ccc2c1-c1nc(N2CCCCC2)nc2c(Br)csc12. The zero-order valence-electron chi connectivity index (χ0n) is 13.9. The molecular weight excluding hydrogens is 415 g/mol. The highest BCUT2D eigenvalue weighted by Gasteiger charge is 2.22. The molecule has 1 aromatic carbocycles. The van der Waals surface area contributed by atoms with E-state index in [0.29, 0.717) is 17.2 Å². The van der Waals surface area contributed by atoms with Crippen LogP contribution >= 0.6 is 27.3 Å². The Morgan fingerprint density at radius 2 is 1.96 bits per heavy atom. The summed E-state index contributed by atoms with van der Waals surface area (Å²) in [7, 11) is 0. The molecule has 0 atom stereocenters. The Morgan fingerprint density at radius 3 is 2.81 bits per heavy atom. The van der Waals surface area contributed by atoms with E-state index in [-0.39, 0.29) is 5.82 Å². The van der Waals surface area contributed by atoms with Gasteiger partial charge in [-0.2, -0.15) is 0 Å². The number of nitrogens with zero attached hydrogens (tertiary/aromatic N) is 3. The minimum Gasteiger partial charge on any atom is -0.361 e. The molecule has 7 heteroatoms. The van der Waals surface area contributed by atoms with Crippen LogP contribution in [0.5, 0.6) is 0 Å². The van der Waals surface area contributed by atoms with Crippen LogP contribution in [0, 0.1) is 5.82 Å². The van der Waals surface area contributed by atoms with E-state index in [1.807, 2.05) is 17.6 Å². The quantitative estimate of drug-likeness (QED) is 0.441. The summed E-state index contributed by atoms with van der Waals surface area (Å²) in [4.78, 5) is 15.0. The van der Waals surface area contributed by atoms with Crippen molar-refractivity contribution in [3.8, 4) is 11.3 Å². The summed E-state index contributed by atoms with van der Waals surface area (Å²) in [6, 6.07) is 5.18. The van der Waals surface area contributed by atoms with Gasteiger partial charge in [0.05, 0.1) is 14.9 Å². The number of hydrogen-bond donors (Lipinski definition) is 1. The summed E-state index contributed by atoms with van der Waals surface area (Å²) < 4.78 is 16.7. The number of aromatic nitrogens is 3. The van der Waals surface area contributed by atoms with Crippen LogP contribution in [0.15, 0.2) is 34.2 Å². The zero-order chi connectivity index (χ0) is 17.7. The molecule has 4 heterocycles. The predicted octanol–water partition coefficient (Wildman–Crippen LogP) is 5.73. The van der Waals surface area contributed by atoms with Gasteiger partial charge in [-0.05, 0) is 53.4 Å². The average molecular weight is 431 g/mol. The second-order valence-electron chi connectivity index (χ2n) is 6.54. The first-order valence-corrected chi connectivity index (χ1v) is 10.4. The van der Waals surface area contributed by atoms with Crippen molar-refractivity contribution in [2.45, 2.75) is 19.3 Å². The van der Waals surface area contributed by atoms with Crippen LogP contribution in [0.25, 0.3) is 32.4 Å². The molecule has 0 unspecified atom stereocenters. The average Bonchev–Trinajstić information content (AvgIpc) is 3.29. The van der Waals surface area contributed by atoms with E-state index in [2.05, 4.69) is 25.8 Å². The fourth-order valence-corrected chi connectivity index (χ4v) is 5.19. The number of H-pyrrole nitrogens is 1. The van der Waals surface area contributed by atoms with Gasteiger partial charge in [0.2, 0.25) is 5.95 Å². The Bertz CT molecular complexity index is 1110. The maximum Gasteiger partial charge on any atom is 0.226 e. The second kappa shape index (κ2) is 6.32. The van der Waals surface area contributed by atoms with E-state index in [1.165, 1.54) is 12.5 Å². The third-order valence-corrected chi connectivity index (χ3v) is 6.80. The molecule has 5 rings (SSSR count). The van der Waals surface area contributed by atoms with Gasteiger partial charge in [-0.3, -0.25) is 0 Å². The summed E-state index contributed by atoms with van der Waals surface area (Å²) >= 11 is 5.14. The van der Waals surface area contributed by atoms with E-state index < -0.39 is 0 Å². The summed E-state index contributed by atoms with van der Waals surface area (Å²) in [5, 5.41) is 2.84. The number of hydrogen-bond acceptors (Lipinski definition) is 4. The maximum atomic E-state index is 14.9. The number of piperidine rings is 1. The van der Waals surface area contributed by atoms with Crippen molar-refractivity contribution in [2.24, 2.45) is 0 Å². The van der Waals surface area contributed by atoms with E-state index in [1.54, 1.807) is 17.4 Å². The molecule has 4 nitrogen and oxygen atoms in total. The van der Waals surface area contributed by atoms with Gasteiger partial charge in [-0.15, -0.1) is 11.3 Å². The highest BCUT2D eigenvalue weighted by Crippen LogP contribution is 2.40. The third kappa shape index (κ3) is 2.53. The van der Waals surface area contributed by atoms with Gasteiger partial charge in [-0.1, -0.05) is 0 Å². The summed E-state index contributed by atoms with van der Waals surface area (Å²) in [6.45, 7) is 1.90. The monoisotopic (exact) mass is 430 g/mol. The van der Waals surface area contributed by atoms with Crippen molar-refractivity contribution in [1.82, 2.24) is 15.0 Å². The first-order chi connectivity index (χ1) is 12.7. The molecule has 1 saturated heterocycles. The van der Waals surface area contributed by atoms with Crippen molar-refractivity contribution in [3.63, 3.8) is 0 Å². The van der Waals surface area contributed by atoms with Gasteiger partial charge in [0.25, 0.3) is 0 Å². The highest BCUT2D eigenvalue weighted by atomic mass is 79.9. The number of aromatic amines is 1. The van der Waals surface area contributed by atoms with Crippen LogP contribution in [0.2, 0.25) is 0 Å². The standard InChI is InChI=1S/C19H16BrFN4S/c20-12-10-26-18-16(12)23-19(25-8-2-1-3-9-25)24-17(18)15-11-6-7-22-14(11)5-4-13(15)21/h4-7,10,22H,1-3,8-9H2. The van der Waals surface area contributed by atoms with Crippen LogP contribution in [0.1, 0.15) is 19.3 Å². The summed E-state index contributed by atoms with van der Waals surface area (Å²) in [5.41, 5.74) is 2.98. The maximum absolute atomic E-state index is 14.9. The van der Waals surface area contributed by atoms with E-state index in [9.17, 15) is 4.39 Å². The lowest BCUT2D eigenvalue weighted by atomic mass is 10.1. The molecular formula is C19H16BrFN4S. The van der Waals surface area contributed by atoms with Crippen molar-refractivity contribution >= 4 is 54.3 Å². The number of fused-ring (bicyclic) bond motifs is 2. The molecule has 0 radical (unpaired) electrons. The molecule has 1 fully saturated rings. The van der Waals surface area contributed by atoms with Crippen LogP contribution in [-0.2, 0) is 0 Å². The highest BCUT2D eigenvalue weighted by molar-refractivity contribution is 9.10. The number of nitrogens with one attached hydrogen (secondary N) is 1. The van der Waals surface area contributed by atoms with Gasteiger partial charge < -0.3 is 9.88 Å². The summed E-state index contributed by atoms with van der Waals surface area (Å²) in [5.74, 6) is 0.435. The second-order valence-corrected chi connectivity index (χ2v) is 8.28. The zero-order valence-corrected chi connectivity index (χ0v) is 16.3. The largest absolute Gasteiger partial charge is 0.361 e. The molecule has 1 N–H and O–H groups in total. The molecule has 0 spiro atoms. The molecule has 1 aliphatic heterocycles. The van der Waals surface area contributed by atoms with Gasteiger partial charge >= 0.3 is 0 Å². The van der Waals surface area contributed by atoms with Gasteiger partial charge in [0.1, 0.15) is 11.3 Å². The molecule has 3 aromatic heterocycles. The van der Waals surface area contributed by atoms with Crippen molar-refractivity contribution < 1.29 is 4.39 Å². The third-order valence-electron chi connectivity index (χ3n) is 4.92. The van der Waals surface area contributed by atoms with Crippen molar-refractivity contribution in [1.29, 1.82) is 0 Å². The van der Waals surface area contributed by atoms with Crippen LogP contribution < -0.4 is 4.90 Å². The van der Waals surface area contributed by atoms with E-state index >= 15 is 0 Å². The number of thiophene rings is 1. The van der Waals surface area contributed by atoms with Crippen LogP contribution in [0.3, 0.4) is 0 Å². The minimum atomic E-state index is -0.258. The number of rotatable bonds is 2. The number of halogens is 2. The topological polar surface area (TPSA) is 44.8 Å². The molecule has 0 saturated carbocycles. The minimum absolute atomic E-state index is 0.258. The smallest absolute Gasteiger partial charge is 0.226 e. The summed E-state index contributed by atoms with van der Waals surface area (Å²) in [6.07, 6.45) is 5.36. The normalized spacial score (nSPS) is 15.2. The van der Waals surface area contributed by atoms with Crippen molar-refractivity contribution in [2.75, 3.05) is 18.0 Å². The van der Waals surface area contributed by atoms with E-state index in [4.69, 9.17) is 9.97 Å². The van der Waals surface area contributed by atoms with Crippen LogP contribution in [0.4, 0.5) is 10.3 Å². The Morgan fingerprint density at radius 1 is 1.12 bits per heavy atom. The van der Waals surface area contributed by atoms with Gasteiger partial charge in [0, 0.05) is 41.1 Å².